The number of hydrogen-bond acceptors (Lipinski definition) is 2. The summed E-state index contributed by atoms with van der Waals surface area (Å²) in [5.41, 5.74) is 10.6. The lowest BCUT2D eigenvalue weighted by molar-refractivity contribution is 1.18. The molecule has 0 saturated heterocycles. The van der Waals surface area contributed by atoms with Gasteiger partial charge in [0.1, 0.15) is 0 Å². The van der Waals surface area contributed by atoms with Crippen molar-refractivity contribution in [3.63, 3.8) is 0 Å². The second-order valence-electron chi connectivity index (χ2n) is 11.5. The summed E-state index contributed by atoms with van der Waals surface area (Å²) in [6.45, 7) is 0. The van der Waals surface area contributed by atoms with Gasteiger partial charge in [-0.25, -0.2) is 0 Å². The average Bonchev–Trinajstić information content (AvgIpc) is 3.64. The molecule has 0 aliphatic heterocycles. The van der Waals surface area contributed by atoms with Gasteiger partial charge in [-0.3, -0.25) is 0 Å². The van der Waals surface area contributed by atoms with Crippen LogP contribution in [0, 0.1) is 0 Å². The van der Waals surface area contributed by atoms with Crippen LogP contribution in [-0.2, 0) is 0 Å². The van der Waals surface area contributed by atoms with E-state index in [0.29, 0.717) is 0 Å². The van der Waals surface area contributed by atoms with Crippen LogP contribution in [0.3, 0.4) is 0 Å². The zero-order valence-corrected chi connectivity index (χ0v) is 25.3. The van der Waals surface area contributed by atoms with Crippen molar-refractivity contribution in [2.24, 2.45) is 0 Å². The summed E-state index contributed by atoms with van der Waals surface area (Å²) in [5, 5.41) is 8.80. The minimum Gasteiger partial charge on any atom is -0.356 e. The third-order valence-corrected chi connectivity index (χ3v) is 9.93. The zero-order chi connectivity index (χ0) is 29.7. The Morgan fingerprint density at radius 3 is 1.64 bits per heavy atom. The Kier molecular flexibility index (Phi) is 6.03. The van der Waals surface area contributed by atoms with Crippen molar-refractivity contribution in [3.05, 3.63) is 164 Å². The molecule has 3 heteroatoms. The van der Waals surface area contributed by atoms with Crippen molar-refractivity contribution < 1.29 is 0 Å². The van der Waals surface area contributed by atoms with Crippen LogP contribution >= 0.6 is 11.3 Å². The number of benzene rings is 7. The standard InChI is InChI=1S/C42H28N2S/c1-2-8-34(9-3-1)44-39-12-6-4-10-35(39)36-24-18-30(26-40(36)44)28-14-20-32(21-15-28)43-33-22-16-29(17-23-33)31-19-25-38-37-11-5-7-13-41(37)45-42(38)27-31/h1-27,43H. The monoisotopic (exact) mass is 592 g/mol. The fourth-order valence-corrected chi connectivity index (χ4v) is 7.71. The van der Waals surface area contributed by atoms with Gasteiger partial charge in [-0.15, -0.1) is 11.3 Å². The van der Waals surface area contributed by atoms with Crippen molar-refractivity contribution >= 4 is 64.7 Å². The molecule has 0 atom stereocenters. The molecule has 1 N–H and O–H groups in total. The number of rotatable bonds is 5. The highest BCUT2D eigenvalue weighted by Crippen LogP contribution is 2.37. The summed E-state index contributed by atoms with van der Waals surface area (Å²) in [6, 6.07) is 59.0. The van der Waals surface area contributed by atoms with Gasteiger partial charge in [-0.05, 0) is 82.9 Å². The maximum atomic E-state index is 3.58. The number of anilines is 2. The molecule has 2 aromatic heterocycles. The van der Waals surface area contributed by atoms with E-state index in [9.17, 15) is 0 Å². The molecule has 0 aliphatic carbocycles. The number of thiophene rings is 1. The number of aromatic nitrogens is 1. The molecule has 9 aromatic rings. The van der Waals surface area contributed by atoms with E-state index in [2.05, 4.69) is 174 Å². The van der Waals surface area contributed by atoms with Crippen LogP contribution in [0.25, 0.3) is 69.9 Å². The van der Waals surface area contributed by atoms with E-state index in [4.69, 9.17) is 0 Å². The molecule has 0 amide bonds. The first-order chi connectivity index (χ1) is 22.3. The molecule has 0 aliphatic rings. The number of nitrogens with zero attached hydrogens (tertiary/aromatic N) is 1. The van der Waals surface area contributed by atoms with Crippen LogP contribution in [-0.4, -0.2) is 4.57 Å². The lowest BCUT2D eigenvalue weighted by Crippen LogP contribution is -1.93. The fourth-order valence-electron chi connectivity index (χ4n) is 6.57. The molecule has 2 heterocycles. The predicted molar refractivity (Wildman–Crippen MR) is 194 cm³/mol. The van der Waals surface area contributed by atoms with Gasteiger partial charge in [-0.1, -0.05) is 103 Å². The van der Waals surface area contributed by atoms with E-state index in [1.165, 1.54) is 69.9 Å². The van der Waals surface area contributed by atoms with Gasteiger partial charge in [0.15, 0.2) is 0 Å². The van der Waals surface area contributed by atoms with Gasteiger partial charge >= 0.3 is 0 Å². The SMILES string of the molecule is c1ccc(-n2c3ccccc3c3ccc(-c4ccc(Nc5ccc(-c6ccc7c(c6)sc6ccccc67)cc5)cc4)cc32)cc1. The predicted octanol–water partition coefficient (Wildman–Crippen LogP) is 12.2. The third-order valence-electron chi connectivity index (χ3n) is 8.79. The normalized spacial score (nSPS) is 11.6. The molecule has 7 aromatic carbocycles. The topological polar surface area (TPSA) is 17.0 Å². The lowest BCUT2D eigenvalue weighted by Gasteiger charge is -2.10. The van der Waals surface area contributed by atoms with Crippen LogP contribution < -0.4 is 5.32 Å². The molecule has 45 heavy (non-hydrogen) atoms. The highest BCUT2D eigenvalue weighted by Gasteiger charge is 2.13. The van der Waals surface area contributed by atoms with Gasteiger partial charge in [0.25, 0.3) is 0 Å². The summed E-state index contributed by atoms with van der Waals surface area (Å²) in [4.78, 5) is 0. The molecule has 0 spiro atoms. The van der Waals surface area contributed by atoms with Crippen molar-refractivity contribution in [1.82, 2.24) is 4.57 Å². The van der Waals surface area contributed by atoms with Gasteiger partial charge in [0.2, 0.25) is 0 Å². The minimum absolute atomic E-state index is 1.07. The van der Waals surface area contributed by atoms with Crippen molar-refractivity contribution in [2.45, 2.75) is 0 Å². The minimum atomic E-state index is 1.07. The maximum Gasteiger partial charge on any atom is 0.0547 e. The fraction of sp³-hybridized carbons (Fsp3) is 0. The Balaban J connectivity index is 0.983. The Morgan fingerprint density at radius 1 is 0.378 bits per heavy atom. The molecule has 2 nitrogen and oxygen atoms in total. The van der Waals surface area contributed by atoms with Crippen LogP contribution in [0.2, 0.25) is 0 Å². The summed E-state index contributed by atoms with van der Waals surface area (Å²) in [5.74, 6) is 0. The van der Waals surface area contributed by atoms with E-state index in [-0.39, 0.29) is 0 Å². The molecule has 212 valence electrons. The Hall–Kier alpha value is -5.64. The van der Waals surface area contributed by atoms with Crippen LogP contribution in [0.1, 0.15) is 0 Å². The molecule has 0 radical (unpaired) electrons. The van der Waals surface area contributed by atoms with Crippen LogP contribution in [0.15, 0.2) is 164 Å². The van der Waals surface area contributed by atoms with Crippen LogP contribution in [0.5, 0.6) is 0 Å². The van der Waals surface area contributed by atoms with Gasteiger partial charge in [0.05, 0.1) is 11.0 Å². The van der Waals surface area contributed by atoms with E-state index >= 15 is 0 Å². The van der Waals surface area contributed by atoms with E-state index < -0.39 is 0 Å². The molecule has 0 bridgehead atoms. The first-order valence-corrected chi connectivity index (χ1v) is 16.1. The lowest BCUT2D eigenvalue weighted by atomic mass is 10.0. The van der Waals surface area contributed by atoms with E-state index in [0.717, 1.165) is 11.4 Å². The van der Waals surface area contributed by atoms with Gasteiger partial charge in [0, 0.05) is 48.0 Å². The summed E-state index contributed by atoms with van der Waals surface area (Å²) in [7, 11) is 0. The van der Waals surface area contributed by atoms with Crippen molar-refractivity contribution in [2.75, 3.05) is 5.32 Å². The Morgan fingerprint density at radius 2 is 0.911 bits per heavy atom. The van der Waals surface area contributed by atoms with Crippen LogP contribution in [0.4, 0.5) is 11.4 Å². The van der Waals surface area contributed by atoms with Crippen molar-refractivity contribution in [1.29, 1.82) is 0 Å². The second-order valence-corrected chi connectivity index (χ2v) is 12.6. The number of para-hydroxylation sites is 2. The largest absolute Gasteiger partial charge is 0.356 e. The van der Waals surface area contributed by atoms with E-state index in [1.54, 1.807) is 0 Å². The number of hydrogen-bond donors (Lipinski definition) is 1. The summed E-state index contributed by atoms with van der Waals surface area (Å²) < 4.78 is 5.04. The summed E-state index contributed by atoms with van der Waals surface area (Å²) in [6.07, 6.45) is 0. The third kappa shape index (κ3) is 4.48. The second kappa shape index (κ2) is 10.5. The van der Waals surface area contributed by atoms with E-state index in [1.807, 2.05) is 11.3 Å². The first-order valence-electron chi connectivity index (χ1n) is 15.3. The first kappa shape index (κ1) is 25.8. The van der Waals surface area contributed by atoms with Crippen molar-refractivity contribution in [3.8, 4) is 27.9 Å². The zero-order valence-electron chi connectivity index (χ0n) is 24.4. The highest BCUT2D eigenvalue weighted by atomic mass is 32.1. The Labute approximate surface area is 265 Å². The smallest absolute Gasteiger partial charge is 0.0547 e. The molecular formula is C42H28N2S. The Bertz CT molecular complexity index is 2480. The quantitative estimate of drug-likeness (QED) is 0.210. The molecule has 0 saturated carbocycles. The maximum absolute atomic E-state index is 3.58. The molecule has 9 rings (SSSR count). The molecule has 0 fully saturated rings. The molecular weight excluding hydrogens is 565 g/mol. The number of nitrogens with one attached hydrogen (secondary N) is 1. The highest BCUT2D eigenvalue weighted by molar-refractivity contribution is 7.25. The molecule has 0 unspecified atom stereocenters. The summed E-state index contributed by atoms with van der Waals surface area (Å²) >= 11 is 1.86. The van der Waals surface area contributed by atoms with Gasteiger partial charge < -0.3 is 9.88 Å². The average molecular weight is 593 g/mol. The number of fused-ring (bicyclic) bond motifs is 6. The van der Waals surface area contributed by atoms with Gasteiger partial charge in [-0.2, -0.15) is 0 Å².